The molecule has 5 rings (SSSR count). The molecule has 4 aromatic rings. The average molecular weight is 380 g/mol. The summed E-state index contributed by atoms with van der Waals surface area (Å²) in [6.45, 7) is 3.94. The van der Waals surface area contributed by atoms with Crippen molar-refractivity contribution in [2.75, 3.05) is 5.88 Å². The Morgan fingerprint density at radius 1 is 1.19 bits per heavy atom. The Morgan fingerprint density at radius 2 is 1.89 bits per heavy atom. The van der Waals surface area contributed by atoms with Gasteiger partial charge in [0.25, 0.3) is 0 Å². The standard InChI is InChI=1S/C22H18ClNO3/c1-22(2)14(10-23)18-17(27-22)9-16(25)19-20(18)24-15-8-12-6-4-3-5-11(12)7-13(15)21(19)26/h3-9,14,25H,10H2,1-2H3,(H,24,26). The SMILES string of the molecule is CC1(C)Oc2cc(O)c3c(=O)c4cc5ccccc5cc4[nH]c3c2C1CCl. The lowest BCUT2D eigenvalue weighted by Crippen LogP contribution is -2.31. The van der Waals surface area contributed by atoms with Crippen molar-refractivity contribution in [1.29, 1.82) is 0 Å². The molecule has 2 heterocycles. The minimum absolute atomic E-state index is 0.0777. The number of H-pyrrole nitrogens is 1. The van der Waals surface area contributed by atoms with Crippen LogP contribution in [0.15, 0.2) is 47.3 Å². The Balaban J connectivity index is 1.97. The predicted molar refractivity (Wildman–Crippen MR) is 109 cm³/mol. The lowest BCUT2D eigenvalue weighted by molar-refractivity contribution is 0.116. The number of alkyl halides is 1. The van der Waals surface area contributed by atoms with Crippen molar-refractivity contribution in [3.63, 3.8) is 0 Å². The number of hydrogen-bond donors (Lipinski definition) is 2. The van der Waals surface area contributed by atoms with Crippen molar-refractivity contribution in [2.24, 2.45) is 0 Å². The van der Waals surface area contributed by atoms with Crippen molar-refractivity contribution in [2.45, 2.75) is 25.4 Å². The molecular formula is C22H18ClNO3. The molecule has 0 spiro atoms. The molecule has 0 amide bonds. The molecule has 1 aliphatic rings. The van der Waals surface area contributed by atoms with E-state index in [4.69, 9.17) is 16.3 Å². The molecular weight excluding hydrogens is 362 g/mol. The van der Waals surface area contributed by atoms with E-state index in [1.807, 2.05) is 50.2 Å². The summed E-state index contributed by atoms with van der Waals surface area (Å²) < 4.78 is 6.04. The number of nitrogens with one attached hydrogen (secondary N) is 1. The van der Waals surface area contributed by atoms with Gasteiger partial charge in [-0.1, -0.05) is 24.3 Å². The fourth-order valence-electron chi connectivity index (χ4n) is 4.22. The lowest BCUT2D eigenvalue weighted by atomic mass is 9.87. The summed E-state index contributed by atoms with van der Waals surface area (Å²) in [6.07, 6.45) is 0. The minimum Gasteiger partial charge on any atom is -0.507 e. The van der Waals surface area contributed by atoms with Crippen LogP contribution in [0.5, 0.6) is 11.5 Å². The summed E-state index contributed by atoms with van der Waals surface area (Å²) in [5, 5.41) is 13.5. The topological polar surface area (TPSA) is 62.3 Å². The summed E-state index contributed by atoms with van der Waals surface area (Å²) >= 11 is 6.26. The number of aromatic hydroxyl groups is 1. The first-order valence-electron chi connectivity index (χ1n) is 8.90. The normalized spacial score (nSPS) is 18.1. The monoisotopic (exact) mass is 379 g/mol. The molecule has 0 saturated heterocycles. The van der Waals surface area contributed by atoms with E-state index in [0.29, 0.717) is 22.5 Å². The molecule has 3 aromatic carbocycles. The van der Waals surface area contributed by atoms with Gasteiger partial charge in [-0.15, -0.1) is 11.6 Å². The van der Waals surface area contributed by atoms with Gasteiger partial charge in [-0.05, 0) is 36.8 Å². The van der Waals surface area contributed by atoms with Gasteiger partial charge >= 0.3 is 0 Å². The van der Waals surface area contributed by atoms with E-state index >= 15 is 0 Å². The van der Waals surface area contributed by atoms with Crippen LogP contribution in [-0.2, 0) is 0 Å². The molecule has 1 aliphatic heterocycles. The Morgan fingerprint density at radius 3 is 2.59 bits per heavy atom. The third-order valence-corrected chi connectivity index (χ3v) is 5.95. The number of aromatic nitrogens is 1. The van der Waals surface area contributed by atoms with Gasteiger partial charge in [-0.25, -0.2) is 0 Å². The molecule has 0 bridgehead atoms. The van der Waals surface area contributed by atoms with Crippen molar-refractivity contribution in [3.05, 3.63) is 58.3 Å². The number of rotatable bonds is 1. The lowest BCUT2D eigenvalue weighted by Gasteiger charge is -2.24. The Kier molecular flexibility index (Phi) is 3.29. The highest BCUT2D eigenvalue weighted by Gasteiger charge is 2.42. The molecule has 136 valence electrons. The van der Waals surface area contributed by atoms with Crippen molar-refractivity contribution in [1.82, 2.24) is 4.98 Å². The smallest absolute Gasteiger partial charge is 0.200 e. The molecule has 2 N–H and O–H groups in total. The first kappa shape index (κ1) is 16.5. The average Bonchev–Trinajstić information content (AvgIpc) is 2.89. The van der Waals surface area contributed by atoms with E-state index in [9.17, 15) is 9.90 Å². The van der Waals surface area contributed by atoms with Crippen LogP contribution in [0.25, 0.3) is 32.6 Å². The van der Waals surface area contributed by atoms with E-state index < -0.39 is 5.60 Å². The zero-order valence-corrected chi connectivity index (χ0v) is 15.7. The van der Waals surface area contributed by atoms with Gasteiger partial charge in [0, 0.05) is 28.8 Å². The fraction of sp³-hybridized carbons (Fsp3) is 0.227. The Bertz CT molecular complexity index is 1310. The summed E-state index contributed by atoms with van der Waals surface area (Å²) in [5.74, 6) is 0.765. The van der Waals surface area contributed by atoms with Crippen LogP contribution < -0.4 is 10.2 Å². The first-order valence-corrected chi connectivity index (χ1v) is 9.43. The molecule has 27 heavy (non-hydrogen) atoms. The van der Waals surface area contributed by atoms with Gasteiger partial charge < -0.3 is 14.8 Å². The van der Waals surface area contributed by atoms with Crippen LogP contribution in [0, 0.1) is 0 Å². The van der Waals surface area contributed by atoms with E-state index in [2.05, 4.69) is 4.98 Å². The van der Waals surface area contributed by atoms with E-state index in [0.717, 1.165) is 21.9 Å². The van der Waals surface area contributed by atoms with E-state index in [-0.39, 0.29) is 22.5 Å². The van der Waals surface area contributed by atoms with Gasteiger partial charge in [0.15, 0.2) is 0 Å². The van der Waals surface area contributed by atoms with Crippen molar-refractivity contribution in [3.8, 4) is 11.5 Å². The molecule has 0 radical (unpaired) electrons. The van der Waals surface area contributed by atoms with Crippen LogP contribution in [0.3, 0.4) is 0 Å². The molecule has 1 aromatic heterocycles. The Labute approximate surface area is 160 Å². The molecule has 0 aliphatic carbocycles. The minimum atomic E-state index is -0.514. The number of phenols is 1. The van der Waals surface area contributed by atoms with Crippen molar-refractivity contribution < 1.29 is 9.84 Å². The summed E-state index contributed by atoms with van der Waals surface area (Å²) in [6, 6.07) is 13.3. The van der Waals surface area contributed by atoms with Crippen LogP contribution in [-0.4, -0.2) is 21.6 Å². The van der Waals surface area contributed by atoms with Crippen LogP contribution >= 0.6 is 11.6 Å². The molecule has 5 heteroatoms. The number of aromatic amines is 1. The van der Waals surface area contributed by atoms with Crippen LogP contribution in [0.2, 0.25) is 0 Å². The second-order valence-electron chi connectivity index (χ2n) is 7.67. The third-order valence-electron chi connectivity index (χ3n) is 5.64. The van der Waals surface area contributed by atoms with E-state index in [1.165, 1.54) is 6.07 Å². The third kappa shape index (κ3) is 2.20. The second-order valence-corrected chi connectivity index (χ2v) is 7.98. The maximum absolute atomic E-state index is 13.3. The quantitative estimate of drug-likeness (QED) is 0.360. The highest BCUT2D eigenvalue weighted by Crippen LogP contribution is 2.49. The Hall–Kier alpha value is -2.72. The van der Waals surface area contributed by atoms with Crippen molar-refractivity contribution >= 4 is 44.2 Å². The molecule has 1 unspecified atom stereocenters. The van der Waals surface area contributed by atoms with Gasteiger partial charge in [0.2, 0.25) is 5.43 Å². The van der Waals surface area contributed by atoms with E-state index in [1.54, 1.807) is 0 Å². The summed E-state index contributed by atoms with van der Waals surface area (Å²) in [5.41, 5.74) is 1.49. The number of benzene rings is 3. The number of hydrogen-bond acceptors (Lipinski definition) is 3. The van der Waals surface area contributed by atoms with Gasteiger partial charge in [-0.3, -0.25) is 4.79 Å². The summed E-state index contributed by atoms with van der Waals surface area (Å²) in [7, 11) is 0. The highest BCUT2D eigenvalue weighted by atomic mass is 35.5. The number of halogens is 1. The van der Waals surface area contributed by atoms with Gasteiger partial charge in [0.05, 0.1) is 16.4 Å². The first-order chi connectivity index (χ1) is 12.9. The number of phenolic OH excluding ortho intramolecular Hbond substituents is 1. The van der Waals surface area contributed by atoms with Crippen LogP contribution in [0.1, 0.15) is 25.3 Å². The molecule has 1 atom stereocenters. The zero-order valence-electron chi connectivity index (χ0n) is 15.0. The number of ether oxygens (including phenoxy) is 1. The number of pyridine rings is 1. The van der Waals surface area contributed by atoms with Crippen LogP contribution in [0.4, 0.5) is 0 Å². The molecule has 0 saturated carbocycles. The predicted octanol–water partition coefficient (Wildman–Crippen LogP) is 5.03. The maximum Gasteiger partial charge on any atom is 0.200 e. The van der Waals surface area contributed by atoms with Gasteiger partial charge in [0.1, 0.15) is 17.1 Å². The largest absolute Gasteiger partial charge is 0.507 e. The zero-order chi connectivity index (χ0) is 18.9. The second kappa shape index (κ2) is 5.40. The molecule has 4 nitrogen and oxygen atoms in total. The highest BCUT2D eigenvalue weighted by molar-refractivity contribution is 6.18. The maximum atomic E-state index is 13.3. The van der Waals surface area contributed by atoms with Gasteiger partial charge in [-0.2, -0.15) is 0 Å². The fourth-order valence-corrected chi connectivity index (χ4v) is 4.74. The number of fused-ring (bicyclic) bond motifs is 5. The summed E-state index contributed by atoms with van der Waals surface area (Å²) in [4.78, 5) is 16.6. The molecule has 0 fully saturated rings.